The van der Waals surface area contributed by atoms with E-state index in [1.165, 1.54) is 0 Å². The maximum Gasteiger partial charge on any atom is 0.270 e. The highest BCUT2D eigenvalue weighted by Gasteiger charge is 2.27. The lowest BCUT2D eigenvalue weighted by Gasteiger charge is -2.27. The zero-order valence-electron chi connectivity index (χ0n) is 16.0. The molecule has 1 amide bonds. The largest absolute Gasteiger partial charge is 0.350 e. The summed E-state index contributed by atoms with van der Waals surface area (Å²) >= 11 is 0. The van der Waals surface area contributed by atoms with Gasteiger partial charge in [0.05, 0.1) is 11.9 Å². The van der Waals surface area contributed by atoms with Gasteiger partial charge in [-0.05, 0) is 43.7 Å². The van der Waals surface area contributed by atoms with Gasteiger partial charge in [0.1, 0.15) is 5.69 Å². The van der Waals surface area contributed by atoms with Gasteiger partial charge in [-0.1, -0.05) is 25.1 Å². The molecule has 6 nitrogen and oxygen atoms in total. The van der Waals surface area contributed by atoms with E-state index in [9.17, 15) is 4.79 Å². The zero-order valence-corrected chi connectivity index (χ0v) is 16.8. The Kier molecular flexibility index (Phi) is 6.54. The molecular weight excluding hydrogens is 374 g/mol. The number of rotatable bonds is 6. The van der Waals surface area contributed by atoms with Crippen molar-refractivity contribution in [2.75, 3.05) is 19.6 Å². The summed E-state index contributed by atoms with van der Waals surface area (Å²) < 4.78 is 1.84. The first-order valence-corrected chi connectivity index (χ1v) is 9.57. The first-order valence-electron chi connectivity index (χ1n) is 9.57. The van der Waals surface area contributed by atoms with Gasteiger partial charge < -0.3 is 15.2 Å². The van der Waals surface area contributed by atoms with Gasteiger partial charge in [-0.25, -0.2) is 4.68 Å². The number of carbonyl (C=O) groups excluding carboxylic acids is 1. The number of aromatic nitrogens is 3. The van der Waals surface area contributed by atoms with Gasteiger partial charge >= 0.3 is 0 Å². The molecule has 0 spiro atoms. The molecule has 1 unspecified atom stereocenters. The number of carbonyl (C=O) groups is 1. The molecule has 4 rings (SSSR count). The van der Waals surface area contributed by atoms with Crippen LogP contribution in [0, 0.1) is 0 Å². The van der Waals surface area contributed by atoms with E-state index in [0.29, 0.717) is 5.69 Å². The van der Waals surface area contributed by atoms with Crippen LogP contribution in [0.15, 0.2) is 54.9 Å². The number of para-hydroxylation sites is 1. The summed E-state index contributed by atoms with van der Waals surface area (Å²) in [6.45, 7) is 4.75. The molecule has 148 valence electrons. The van der Waals surface area contributed by atoms with E-state index >= 15 is 0 Å². The number of H-pyrrole nitrogens is 1. The summed E-state index contributed by atoms with van der Waals surface area (Å²) in [6.07, 6.45) is 5.76. The van der Waals surface area contributed by atoms with E-state index in [2.05, 4.69) is 22.3 Å². The molecule has 2 aromatic heterocycles. The third kappa shape index (κ3) is 4.13. The minimum absolute atomic E-state index is 0. The Labute approximate surface area is 171 Å². The number of aromatic amines is 1. The standard InChI is InChI=1S/C21H25N5O.ClH/c1-2-12-25(18-10-11-22-14-18)21(27)20-9-8-19(24-20)16-13-23-26(15-16)17-6-4-3-5-7-17;/h3-9,13,15,18,22,24H,2,10-12,14H2,1H3;1H. The van der Waals surface area contributed by atoms with Crippen molar-refractivity contribution in [1.29, 1.82) is 0 Å². The Morgan fingerprint density at radius 3 is 2.79 bits per heavy atom. The van der Waals surface area contributed by atoms with E-state index in [1.54, 1.807) is 0 Å². The molecular formula is C21H26ClN5O. The summed E-state index contributed by atoms with van der Waals surface area (Å²) in [7, 11) is 0. The second kappa shape index (κ2) is 9.08. The van der Waals surface area contributed by atoms with Crippen molar-refractivity contribution in [1.82, 2.24) is 25.0 Å². The molecule has 2 N–H and O–H groups in total. The van der Waals surface area contributed by atoms with E-state index in [-0.39, 0.29) is 24.4 Å². The van der Waals surface area contributed by atoms with Crippen LogP contribution in [0.4, 0.5) is 0 Å². The van der Waals surface area contributed by atoms with Crippen LogP contribution >= 0.6 is 12.4 Å². The molecule has 28 heavy (non-hydrogen) atoms. The number of hydrogen-bond donors (Lipinski definition) is 2. The summed E-state index contributed by atoms with van der Waals surface area (Å²) in [6, 6.07) is 14.1. The van der Waals surface area contributed by atoms with Crippen molar-refractivity contribution in [3.63, 3.8) is 0 Å². The Hall–Kier alpha value is -2.57. The molecule has 0 radical (unpaired) electrons. The van der Waals surface area contributed by atoms with E-state index in [1.807, 2.05) is 64.4 Å². The van der Waals surface area contributed by atoms with Crippen molar-refractivity contribution in [2.45, 2.75) is 25.8 Å². The van der Waals surface area contributed by atoms with Crippen LogP contribution in [0.25, 0.3) is 16.9 Å². The van der Waals surface area contributed by atoms with Gasteiger partial charge in [0.2, 0.25) is 0 Å². The number of nitrogens with one attached hydrogen (secondary N) is 2. The van der Waals surface area contributed by atoms with E-state index < -0.39 is 0 Å². The summed E-state index contributed by atoms with van der Waals surface area (Å²) in [5, 5.41) is 7.79. The second-order valence-electron chi connectivity index (χ2n) is 6.94. The molecule has 1 fully saturated rings. The van der Waals surface area contributed by atoms with Gasteiger partial charge in [-0.2, -0.15) is 5.10 Å². The number of amides is 1. The Morgan fingerprint density at radius 2 is 2.07 bits per heavy atom. The van der Waals surface area contributed by atoms with Crippen LogP contribution in [0.3, 0.4) is 0 Å². The topological polar surface area (TPSA) is 66.0 Å². The van der Waals surface area contributed by atoms with Gasteiger partial charge in [-0.15, -0.1) is 12.4 Å². The van der Waals surface area contributed by atoms with Gasteiger partial charge in [0.15, 0.2) is 0 Å². The van der Waals surface area contributed by atoms with Crippen LogP contribution in [0.5, 0.6) is 0 Å². The molecule has 0 aliphatic carbocycles. The molecule has 1 saturated heterocycles. The number of halogens is 1. The predicted molar refractivity (Wildman–Crippen MR) is 113 cm³/mol. The number of hydrogen-bond acceptors (Lipinski definition) is 3. The Morgan fingerprint density at radius 1 is 1.25 bits per heavy atom. The molecule has 0 saturated carbocycles. The fourth-order valence-electron chi connectivity index (χ4n) is 3.62. The average Bonchev–Trinajstić information content (AvgIpc) is 3.47. The molecule has 3 aromatic rings. The molecule has 1 aliphatic heterocycles. The molecule has 1 atom stereocenters. The quantitative estimate of drug-likeness (QED) is 0.666. The van der Waals surface area contributed by atoms with Crippen LogP contribution in [-0.4, -0.2) is 51.2 Å². The number of nitrogens with zero attached hydrogens (tertiary/aromatic N) is 3. The summed E-state index contributed by atoms with van der Waals surface area (Å²) in [4.78, 5) is 18.3. The molecule has 0 bridgehead atoms. The molecule has 3 heterocycles. The van der Waals surface area contributed by atoms with Crippen LogP contribution in [0.1, 0.15) is 30.3 Å². The van der Waals surface area contributed by atoms with Crippen molar-refractivity contribution in [2.24, 2.45) is 0 Å². The Balaban J connectivity index is 0.00000225. The highest BCUT2D eigenvalue weighted by Crippen LogP contribution is 2.21. The average molecular weight is 400 g/mol. The minimum atomic E-state index is 0. The van der Waals surface area contributed by atoms with Crippen molar-refractivity contribution in [3.05, 3.63) is 60.6 Å². The van der Waals surface area contributed by atoms with Crippen LogP contribution in [-0.2, 0) is 0 Å². The highest BCUT2D eigenvalue weighted by molar-refractivity contribution is 5.93. The van der Waals surface area contributed by atoms with Crippen LogP contribution < -0.4 is 5.32 Å². The molecule has 7 heteroatoms. The molecule has 1 aromatic carbocycles. The third-order valence-electron chi connectivity index (χ3n) is 5.03. The van der Waals surface area contributed by atoms with E-state index in [4.69, 9.17) is 0 Å². The van der Waals surface area contributed by atoms with Gasteiger partial charge in [0.25, 0.3) is 5.91 Å². The molecule has 1 aliphatic rings. The first kappa shape index (κ1) is 20.2. The van der Waals surface area contributed by atoms with Crippen molar-refractivity contribution < 1.29 is 4.79 Å². The lowest BCUT2D eigenvalue weighted by atomic mass is 10.2. The SMILES string of the molecule is CCCN(C(=O)c1ccc(-c2cnn(-c3ccccc3)c2)[nH]1)C1CCNC1.Cl. The van der Waals surface area contributed by atoms with Crippen molar-refractivity contribution in [3.8, 4) is 16.9 Å². The maximum atomic E-state index is 13.0. The fourth-order valence-corrected chi connectivity index (χ4v) is 3.62. The van der Waals surface area contributed by atoms with Gasteiger partial charge in [0, 0.05) is 36.6 Å². The summed E-state index contributed by atoms with van der Waals surface area (Å²) in [5.74, 6) is 0.0762. The predicted octanol–water partition coefficient (Wildman–Crippen LogP) is 3.50. The second-order valence-corrected chi connectivity index (χ2v) is 6.94. The van der Waals surface area contributed by atoms with Crippen molar-refractivity contribution >= 4 is 18.3 Å². The monoisotopic (exact) mass is 399 g/mol. The zero-order chi connectivity index (χ0) is 18.6. The highest BCUT2D eigenvalue weighted by atomic mass is 35.5. The maximum absolute atomic E-state index is 13.0. The Bertz CT molecular complexity index is 898. The summed E-state index contributed by atoms with van der Waals surface area (Å²) in [5.41, 5.74) is 3.51. The smallest absolute Gasteiger partial charge is 0.270 e. The fraction of sp³-hybridized carbons (Fsp3) is 0.333. The van der Waals surface area contributed by atoms with Gasteiger partial charge in [-0.3, -0.25) is 4.79 Å². The lowest BCUT2D eigenvalue weighted by Crippen LogP contribution is -2.42. The van der Waals surface area contributed by atoms with Crippen LogP contribution in [0.2, 0.25) is 0 Å². The minimum Gasteiger partial charge on any atom is -0.350 e. The lowest BCUT2D eigenvalue weighted by molar-refractivity contribution is 0.0687. The third-order valence-corrected chi connectivity index (χ3v) is 5.03. The first-order chi connectivity index (χ1) is 13.3. The number of benzene rings is 1. The normalized spacial score (nSPS) is 16.0. The van der Waals surface area contributed by atoms with E-state index in [0.717, 1.165) is 49.4 Å².